The lowest BCUT2D eigenvalue weighted by atomic mass is 9.97. The van der Waals surface area contributed by atoms with Crippen LogP contribution in [0.4, 0.5) is 13.2 Å². The van der Waals surface area contributed by atoms with Crippen molar-refractivity contribution < 1.29 is 13.2 Å². The second-order valence-corrected chi connectivity index (χ2v) is 5.62. The Morgan fingerprint density at radius 2 is 1.86 bits per heavy atom. The van der Waals surface area contributed by atoms with E-state index < -0.39 is 23.5 Å². The van der Waals surface area contributed by atoms with Gasteiger partial charge in [0.05, 0.1) is 15.5 Å². The second kappa shape index (κ2) is 6.81. The molecule has 1 nitrogen and oxygen atoms in total. The third-order valence-corrected chi connectivity index (χ3v) is 4.08. The highest BCUT2D eigenvalue weighted by Crippen LogP contribution is 2.34. The maximum atomic E-state index is 14.3. The molecule has 0 aliphatic rings. The first-order valence-corrected chi connectivity index (χ1v) is 7.45. The first-order valence-electron chi connectivity index (χ1n) is 6.28. The number of halogens is 5. The summed E-state index contributed by atoms with van der Waals surface area (Å²) in [7, 11) is 0. The Kier molecular flexibility index (Phi) is 5.30. The fourth-order valence-corrected chi connectivity index (χ4v) is 2.70. The van der Waals surface area contributed by atoms with Crippen LogP contribution in [0.15, 0.2) is 34.8 Å². The van der Waals surface area contributed by atoms with Gasteiger partial charge in [-0.2, -0.15) is 0 Å². The van der Waals surface area contributed by atoms with Gasteiger partial charge in [0, 0.05) is 5.56 Å². The molecule has 21 heavy (non-hydrogen) atoms. The zero-order chi connectivity index (χ0) is 15.6. The summed E-state index contributed by atoms with van der Waals surface area (Å²) in [4.78, 5) is 0. The molecule has 2 aromatic carbocycles. The average Bonchev–Trinajstić information content (AvgIpc) is 2.45. The lowest BCUT2D eigenvalue weighted by Crippen LogP contribution is -2.25. The van der Waals surface area contributed by atoms with Crippen molar-refractivity contribution >= 4 is 27.5 Å². The molecule has 0 heterocycles. The highest BCUT2D eigenvalue weighted by molar-refractivity contribution is 9.10. The molecule has 1 unspecified atom stereocenters. The van der Waals surface area contributed by atoms with Crippen molar-refractivity contribution in [1.82, 2.24) is 5.32 Å². The van der Waals surface area contributed by atoms with Crippen molar-refractivity contribution in [3.8, 4) is 0 Å². The predicted octanol–water partition coefficient (Wildman–Crippen LogP) is 5.22. The highest BCUT2D eigenvalue weighted by atomic mass is 79.9. The largest absolute Gasteiger partial charge is 0.306 e. The zero-order valence-corrected chi connectivity index (χ0v) is 13.4. The van der Waals surface area contributed by atoms with Crippen LogP contribution < -0.4 is 5.32 Å². The van der Waals surface area contributed by atoms with Gasteiger partial charge >= 0.3 is 0 Å². The number of hydrogen-bond donors (Lipinski definition) is 1. The number of rotatable bonds is 4. The molecule has 6 heteroatoms. The van der Waals surface area contributed by atoms with E-state index >= 15 is 0 Å². The van der Waals surface area contributed by atoms with E-state index in [0.717, 1.165) is 6.07 Å². The SMILES string of the molecule is CCNC(c1cccc(F)c1Cl)c1c(F)ccc(Br)c1F. The van der Waals surface area contributed by atoms with Gasteiger partial charge in [-0.3, -0.25) is 0 Å². The Labute approximate surface area is 134 Å². The number of nitrogens with one attached hydrogen (secondary N) is 1. The zero-order valence-electron chi connectivity index (χ0n) is 11.1. The molecule has 0 saturated carbocycles. The molecule has 0 bridgehead atoms. The van der Waals surface area contributed by atoms with Gasteiger partial charge in [-0.1, -0.05) is 30.7 Å². The Morgan fingerprint density at radius 1 is 1.14 bits per heavy atom. The van der Waals surface area contributed by atoms with Gasteiger partial charge in [0.15, 0.2) is 0 Å². The monoisotopic (exact) mass is 377 g/mol. The Hall–Kier alpha value is -1.04. The third-order valence-electron chi connectivity index (χ3n) is 3.07. The third kappa shape index (κ3) is 3.25. The van der Waals surface area contributed by atoms with E-state index in [9.17, 15) is 13.2 Å². The van der Waals surface area contributed by atoms with E-state index in [1.165, 1.54) is 18.2 Å². The van der Waals surface area contributed by atoms with Crippen LogP contribution in [0.2, 0.25) is 5.02 Å². The summed E-state index contributed by atoms with van der Waals surface area (Å²) in [6.45, 7) is 2.22. The molecule has 1 atom stereocenters. The quantitative estimate of drug-likeness (QED) is 0.719. The summed E-state index contributed by atoms with van der Waals surface area (Å²) >= 11 is 8.98. The number of benzene rings is 2. The molecule has 0 saturated heterocycles. The van der Waals surface area contributed by atoms with Gasteiger partial charge < -0.3 is 5.32 Å². The topological polar surface area (TPSA) is 12.0 Å². The second-order valence-electron chi connectivity index (χ2n) is 4.39. The standard InChI is InChI=1S/C15H12BrClF3N/c1-2-21-15(8-4-3-5-11(19)13(8)17)12-10(18)7-6-9(16)14(12)20/h3-7,15,21H,2H2,1H3. The summed E-state index contributed by atoms with van der Waals surface area (Å²) in [6.07, 6.45) is 0. The molecule has 1 N–H and O–H groups in total. The first-order chi connectivity index (χ1) is 9.97. The highest BCUT2D eigenvalue weighted by Gasteiger charge is 2.25. The van der Waals surface area contributed by atoms with E-state index in [4.69, 9.17) is 11.6 Å². The van der Waals surface area contributed by atoms with Gasteiger partial charge in [-0.25, -0.2) is 13.2 Å². The molecule has 0 aromatic heterocycles. The van der Waals surface area contributed by atoms with Crippen LogP contribution in [0.1, 0.15) is 24.1 Å². The van der Waals surface area contributed by atoms with Crippen LogP contribution in [0.3, 0.4) is 0 Å². The molecule has 2 aromatic rings. The fourth-order valence-electron chi connectivity index (χ4n) is 2.12. The lowest BCUT2D eigenvalue weighted by molar-refractivity contribution is 0.505. The van der Waals surface area contributed by atoms with E-state index in [1.807, 2.05) is 0 Å². The van der Waals surface area contributed by atoms with Crippen molar-refractivity contribution in [2.75, 3.05) is 6.54 Å². The molecule has 0 amide bonds. The lowest BCUT2D eigenvalue weighted by Gasteiger charge is -2.22. The summed E-state index contributed by atoms with van der Waals surface area (Å²) in [5, 5.41) is 2.79. The van der Waals surface area contributed by atoms with Crippen LogP contribution in [-0.2, 0) is 0 Å². The van der Waals surface area contributed by atoms with Gasteiger partial charge in [-0.05, 0) is 46.2 Å². The molecule has 0 aliphatic carbocycles. The minimum absolute atomic E-state index is 0.134. The predicted molar refractivity (Wildman–Crippen MR) is 81.0 cm³/mol. The molecule has 2 rings (SSSR count). The van der Waals surface area contributed by atoms with Crippen molar-refractivity contribution in [1.29, 1.82) is 0 Å². The number of hydrogen-bond acceptors (Lipinski definition) is 1. The average molecular weight is 379 g/mol. The minimum atomic E-state index is -0.879. The maximum absolute atomic E-state index is 14.3. The molecule has 0 radical (unpaired) electrons. The summed E-state index contributed by atoms with van der Waals surface area (Å²) in [6, 6.07) is 5.75. The molecule has 112 valence electrons. The van der Waals surface area contributed by atoms with Gasteiger partial charge in [-0.15, -0.1) is 0 Å². The van der Waals surface area contributed by atoms with Crippen molar-refractivity contribution in [2.24, 2.45) is 0 Å². The van der Waals surface area contributed by atoms with Crippen LogP contribution in [0.25, 0.3) is 0 Å². The molecular formula is C15H12BrClF3N. The van der Waals surface area contributed by atoms with E-state index in [0.29, 0.717) is 6.54 Å². The van der Waals surface area contributed by atoms with Crippen LogP contribution >= 0.6 is 27.5 Å². The molecule has 0 spiro atoms. The van der Waals surface area contributed by atoms with E-state index in [-0.39, 0.29) is 20.6 Å². The summed E-state index contributed by atoms with van der Waals surface area (Å²) in [5.41, 5.74) is 0.0909. The van der Waals surface area contributed by atoms with Crippen molar-refractivity contribution in [3.05, 3.63) is 68.4 Å². The van der Waals surface area contributed by atoms with E-state index in [1.54, 1.807) is 13.0 Å². The van der Waals surface area contributed by atoms with E-state index in [2.05, 4.69) is 21.2 Å². The summed E-state index contributed by atoms with van der Waals surface area (Å²) in [5.74, 6) is -2.09. The normalized spacial score (nSPS) is 12.5. The summed E-state index contributed by atoms with van der Waals surface area (Å²) < 4.78 is 42.1. The van der Waals surface area contributed by atoms with Crippen molar-refractivity contribution in [3.63, 3.8) is 0 Å². The fraction of sp³-hybridized carbons (Fsp3) is 0.200. The molecule has 0 fully saturated rings. The first kappa shape index (κ1) is 16.3. The minimum Gasteiger partial charge on any atom is -0.306 e. The van der Waals surface area contributed by atoms with Crippen LogP contribution in [0.5, 0.6) is 0 Å². The smallest absolute Gasteiger partial charge is 0.145 e. The Bertz CT molecular complexity index is 664. The van der Waals surface area contributed by atoms with Crippen LogP contribution in [-0.4, -0.2) is 6.54 Å². The molecular weight excluding hydrogens is 367 g/mol. The van der Waals surface area contributed by atoms with Gasteiger partial charge in [0.2, 0.25) is 0 Å². The van der Waals surface area contributed by atoms with Gasteiger partial charge in [0.1, 0.15) is 17.5 Å². The van der Waals surface area contributed by atoms with Gasteiger partial charge in [0.25, 0.3) is 0 Å². The Morgan fingerprint density at radius 3 is 2.52 bits per heavy atom. The molecule has 0 aliphatic heterocycles. The van der Waals surface area contributed by atoms with Crippen LogP contribution in [0, 0.1) is 17.5 Å². The van der Waals surface area contributed by atoms with Crippen molar-refractivity contribution in [2.45, 2.75) is 13.0 Å². The Balaban J connectivity index is 2.65. The maximum Gasteiger partial charge on any atom is 0.145 e.